The van der Waals surface area contributed by atoms with Crippen molar-refractivity contribution < 1.29 is 71.5 Å². The highest BCUT2D eigenvalue weighted by molar-refractivity contribution is 6.05. The normalized spacial score (nSPS) is 16.5. The van der Waals surface area contributed by atoms with Crippen LogP contribution >= 0.6 is 0 Å². The topological polar surface area (TPSA) is 236 Å². The zero-order valence-corrected chi connectivity index (χ0v) is 47.4. The van der Waals surface area contributed by atoms with Gasteiger partial charge >= 0.3 is 5.97 Å². The van der Waals surface area contributed by atoms with Crippen LogP contribution in [0.25, 0.3) is 0 Å². The van der Waals surface area contributed by atoms with E-state index in [0.29, 0.717) is 102 Å². The Morgan fingerprint density at radius 2 is 1.33 bits per heavy atom. The summed E-state index contributed by atoms with van der Waals surface area (Å²) >= 11 is 0. The predicted molar refractivity (Wildman–Crippen MR) is 299 cm³/mol. The number of carbonyl (C=O) groups excluding carboxylic acids is 7. The lowest BCUT2D eigenvalue weighted by atomic mass is 9.91. The van der Waals surface area contributed by atoms with Crippen molar-refractivity contribution in [2.24, 2.45) is 0 Å². The van der Waals surface area contributed by atoms with Crippen LogP contribution in [0.1, 0.15) is 135 Å². The summed E-state index contributed by atoms with van der Waals surface area (Å²) < 4.78 is 45.8. The molecule has 0 aromatic heterocycles. The largest absolute Gasteiger partial charge is 0.493 e. The molecule has 3 aliphatic rings. The third-order valence-corrected chi connectivity index (χ3v) is 15.0. The SMILES string of the molecule is CC[C@H](C(=O)N1CCCC[C@H]1C(=O)O[C@H](CCc1ccc(OC)c(OC)c1)c1ccc(OCC(=O)NCCCCCCCCNC(=O)COc2cccc3c2CN(C2CCC(=O)NC2=O)C3=O)cc1)c1cc(OC)c(OC)c(OC)c1. The Morgan fingerprint density at radius 1 is 0.679 bits per heavy atom. The number of aryl methyl sites for hydroxylation is 1. The Balaban J connectivity index is 0.834. The van der Waals surface area contributed by atoms with Crippen LogP contribution in [0.15, 0.2) is 72.8 Å². The zero-order chi connectivity index (χ0) is 57.8. The van der Waals surface area contributed by atoms with Gasteiger partial charge in [0.15, 0.2) is 36.2 Å². The number of piperidine rings is 2. The van der Waals surface area contributed by atoms with Gasteiger partial charge in [-0.2, -0.15) is 0 Å². The van der Waals surface area contributed by atoms with Gasteiger partial charge in [-0.25, -0.2) is 4.79 Å². The van der Waals surface area contributed by atoms with Crippen molar-refractivity contribution in [3.05, 3.63) is 101 Å². The lowest BCUT2D eigenvalue weighted by Crippen LogP contribution is -2.52. The molecule has 2 saturated heterocycles. The molecule has 0 bridgehead atoms. The zero-order valence-electron chi connectivity index (χ0n) is 47.4. The van der Waals surface area contributed by atoms with E-state index in [2.05, 4.69) is 16.0 Å². The maximum atomic E-state index is 14.5. The van der Waals surface area contributed by atoms with Crippen LogP contribution in [0.5, 0.6) is 40.2 Å². The minimum absolute atomic E-state index is 0.155. The highest BCUT2D eigenvalue weighted by atomic mass is 16.5. The molecule has 1 unspecified atom stereocenters. The monoisotopic (exact) mass is 1120 g/mol. The van der Waals surface area contributed by atoms with E-state index in [4.69, 9.17) is 37.9 Å². The molecular weight excluding hydrogens is 1040 g/mol. The summed E-state index contributed by atoms with van der Waals surface area (Å²) in [6, 6.07) is 19.9. The Hall–Kier alpha value is -8.03. The summed E-state index contributed by atoms with van der Waals surface area (Å²) in [5.41, 5.74) is 3.39. The molecule has 20 heteroatoms. The molecule has 0 spiro atoms. The number of imide groups is 1. The van der Waals surface area contributed by atoms with E-state index in [9.17, 15) is 33.6 Å². The van der Waals surface area contributed by atoms with Crippen molar-refractivity contribution in [3.8, 4) is 40.2 Å². The maximum Gasteiger partial charge on any atom is 0.329 e. The first-order valence-corrected chi connectivity index (χ1v) is 28.0. The molecule has 4 atom stereocenters. The number of ether oxygens (including phenoxy) is 8. The molecule has 6 amide bonds. The van der Waals surface area contributed by atoms with Crippen molar-refractivity contribution in [2.45, 2.75) is 127 Å². The molecule has 436 valence electrons. The fourth-order valence-corrected chi connectivity index (χ4v) is 10.6. The van der Waals surface area contributed by atoms with Gasteiger partial charge in [-0.15, -0.1) is 0 Å². The van der Waals surface area contributed by atoms with E-state index in [1.165, 1.54) is 26.2 Å². The summed E-state index contributed by atoms with van der Waals surface area (Å²) in [7, 11) is 7.74. The predicted octanol–water partition coefficient (Wildman–Crippen LogP) is 7.31. The van der Waals surface area contributed by atoms with Crippen LogP contribution in [0.4, 0.5) is 0 Å². The van der Waals surface area contributed by atoms with Gasteiger partial charge in [0.2, 0.25) is 23.5 Å². The Morgan fingerprint density at radius 3 is 1.96 bits per heavy atom. The minimum atomic E-state index is -0.794. The maximum absolute atomic E-state index is 14.5. The molecule has 0 saturated carbocycles. The number of nitrogens with one attached hydrogen (secondary N) is 3. The van der Waals surface area contributed by atoms with Crippen LogP contribution in [0.3, 0.4) is 0 Å². The summed E-state index contributed by atoms with van der Waals surface area (Å²) in [5, 5.41) is 8.10. The average Bonchev–Trinajstić information content (AvgIpc) is 3.89. The first-order chi connectivity index (χ1) is 39.3. The molecule has 3 aliphatic heterocycles. The first-order valence-electron chi connectivity index (χ1n) is 28.0. The number of fused-ring (bicyclic) bond motifs is 1. The molecule has 3 heterocycles. The van der Waals surface area contributed by atoms with Gasteiger partial charge in [0, 0.05) is 37.2 Å². The quantitative estimate of drug-likeness (QED) is 0.0264. The summed E-state index contributed by atoms with van der Waals surface area (Å²) in [6.07, 6.45) is 8.51. The van der Waals surface area contributed by atoms with Crippen molar-refractivity contribution in [3.63, 3.8) is 0 Å². The lowest BCUT2D eigenvalue weighted by molar-refractivity contribution is -0.162. The summed E-state index contributed by atoms with van der Waals surface area (Å²) in [4.78, 5) is 94.5. The van der Waals surface area contributed by atoms with E-state index in [1.807, 2.05) is 37.3 Å². The second kappa shape index (κ2) is 30.0. The van der Waals surface area contributed by atoms with E-state index >= 15 is 0 Å². The van der Waals surface area contributed by atoms with Gasteiger partial charge in [0.1, 0.15) is 29.7 Å². The molecule has 4 aromatic carbocycles. The number of methoxy groups -OCH3 is 5. The Bertz CT molecular complexity index is 2820. The van der Waals surface area contributed by atoms with E-state index < -0.39 is 36.0 Å². The van der Waals surface area contributed by atoms with E-state index in [0.717, 1.165) is 62.5 Å². The number of hydrogen-bond donors (Lipinski definition) is 3. The van der Waals surface area contributed by atoms with Gasteiger partial charge in [-0.1, -0.05) is 56.9 Å². The van der Waals surface area contributed by atoms with Crippen molar-refractivity contribution >= 4 is 41.4 Å². The van der Waals surface area contributed by atoms with E-state index in [1.54, 1.807) is 61.6 Å². The standard InChI is InChI=1S/C61H77N5O15/c1-7-43(41-34-52(76-4)57(78-6)53(35-41)77-5)59(71)65-32-15-12-18-47(65)61(73)81-48(27-20-39-21-28-50(74-2)51(33-39)75-3)40-22-24-42(25-23-40)79-37-55(68)62-30-13-10-8-9-11-14-31-63-56(69)38-80-49-19-16-17-44-45(49)36-66(60(44)72)46-26-29-54(67)64-58(46)70/h16-17,19,21-25,28,33-35,43,46-48H,7-15,18,20,26-27,29-32,36-38H2,1-6H3,(H,62,68)(H,63,69)(H,64,67,70)/t43-,46?,47-,48+/m0/s1. The fraction of sp³-hybridized carbons (Fsp3) is 0.492. The number of unbranched alkanes of at least 4 members (excludes halogenated alkanes) is 5. The molecule has 2 fully saturated rings. The van der Waals surface area contributed by atoms with Crippen molar-refractivity contribution in [1.82, 2.24) is 25.8 Å². The molecule has 20 nitrogen and oxygen atoms in total. The number of benzene rings is 4. The van der Waals surface area contributed by atoms with Crippen LogP contribution in [-0.4, -0.2) is 132 Å². The smallest absolute Gasteiger partial charge is 0.329 e. The number of likely N-dealkylation sites (tertiary alicyclic amines) is 1. The summed E-state index contributed by atoms with van der Waals surface area (Å²) in [6.45, 7) is 3.10. The highest BCUT2D eigenvalue weighted by Crippen LogP contribution is 2.42. The highest BCUT2D eigenvalue weighted by Gasteiger charge is 2.41. The third kappa shape index (κ3) is 15.9. The number of esters is 1. The first kappa shape index (κ1) is 60.6. The van der Waals surface area contributed by atoms with Gasteiger partial charge in [0.05, 0.1) is 48.0 Å². The van der Waals surface area contributed by atoms with Crippen LogP contribution in [0, 0.1) is 0 Å². The summed E-state index contributed by atoms with van der Waals surface area (Å²) in [5.74, 6) is 0.424. The second-order valence-electron chi connectivity index (χ2n) is 20.3. The van der Waals surface area contributed by atoms with Crippen LogP contribution < -0.4 is 49.1 Å². The molecule has 7 rings (SSSR count). The Kier molecular flexibility index (Phi) is 22.4. The van der Waals surface area contributed by atoms with Crippen molar-refractivity contribution in [1.29, 1.82) is 0 Å². The van der Waals surface area contributed by atoms with Crippen molar-refractivity contribution in [2.75, 3.05) is 68.4 Å². The van der Waals surface area contributed by atoms with E-state index in [-0.39, 0.29) is 62.1 Å². The minimum Gasteiger partial charge on any atom is -0.493 e. The molecule has 0 radical (unpaired) electrons. The number of hydrogen-bond acceptors (Lipinski definition) is 15. The molecule has 3 N–H and O–H groups in total. The van der Waals surface area contributed by atoms with Gasteiger partial charge < -0.3 is 58.3 Å². The molecule has 81 heavy (non-hydrogen) atoms. The molecule has 0 aliphatic carbocycles. The average molecular weight is 1120 g/mol. The van der Waals surface area contributed by atoms with Gasteiger partial charge in [0.25, 0.3) is 17.7 Å². The number of amides is 6. The van der Waals surface area contributed by atoms with Gasteiger partial charge in [-0.3, -0.25) is 34.1 Å². The fourth-order valence-electron chi connectivity index (χ4n) is 10.6. The Labute approximate surface area is 473 Å². The molecule has 4 aromatic rings. The molecular formula is C61H77N5O15. The number of carbonyl (C=O) groups is 7. The third-order valence-electron chi connectivity index (χ3n) is 15.0. The lowest BCUT2D eigenvalue weighted by Gasteiger charge is -2.37. The van der Waals surface area contributed by atoms with Crippen LogP contribution in [0.2, 0.25) is 0 Å². The number of nitrogens with zero attached hydrogens (tertiary/aromatic N) is 2. The van der Waals surface area contributed by atoms with Gasteiger partial charge in [-0.05, 0) is 123 Å². The second-order valence-corrected chi connectivity index (χ2v) is 20.3. The number of rotatable bonds is 30. The van der Waals surface area contributed by atoms with Crippen LogP contribution in [-0.2, 0) is 46.5 Å².